The molecule has 5 heteroatoms. The molecule has 1 fully saturated rings. The van der Waals surface area contributed by atoms with Gasteiger partial charge < -0.3 is 4.90 Å². The van der Waals surface area contributed by atoms with Gasteiger partial charge in [-0.2, -0.15) is 0 Å². The van der Waals surface area contributed by atoms with Crippen molar-refractivity contribution >= 4 is 17.2 Å². The number of carbonyl (C=O) groups is 1. The number of nitrogens with zero attached hydrogens (tertiary/aromatic N) is 3. The molecule has 2 aromatic rings. The fraction of sp³-hybridized carbons (Fsp3) is 0.400. The van der Waals surface area contributed by atoms with Gasteiger partial charge in [0, 0.05) is 30.9 Å². The van der Waals surface area contributed by atoms with Crippen molar-refractivity contribution in [1.82, 2.24) is 14.9 Å². The van der Waals surface area contributed by atoms with E-state index >= 15 is 0 Å². The van der Waals surface area contributed by atoms with Crippen LogP contribution in [0.15, 0.2) is 30.0 Å². The van der Waals surface area contributed by atoms with Crippen LogP contribution in [0.1, 0.15) is 39.7 Å². The van der Waals surface area contributed by atoms with Gasteiger partial charge in [0.05, 0.1) is 4.88 Å². The summed E-state index contributed by atoms with van der Waals surface area (Å²) in [7, 11) is 0. The molecule has 1 atom stereocenters. The number of hydrogen-bond acceptors (Lipinski definition) is 4. The average Bonchev–Trinajstić information content (AvgIpc) is 2.94. The minimum Gasteiger partial charge on any atom is -0.337 e. The second-order valence-corrected chi connectivity index (χ2v) is 6.07. The van der Waals surface area contributed by atoms with Crippen LogP contribution >= 0.6 is 11.3 Å². The standard InChI is InChI=1S/C15H17N3OS/c1-11-5-8-20-14(11)15(19)18-7-2-3-12(9-18)13-4-6-16-10-17-13/h4-6,8,10,12H,2-3,7,9H2,1H3/t12-/m1/s1. The molecule has 0 radical (unpaired) electrons. The van der Waals surface area contributed by atoms with E-state index in [1.54, 1.807) is 12.5 Å². The number of hydrogen-bond donors (Lipinski definition) is 0. The van der Waals surface area contributed by atoms with Crippen molar-refractivity contribution in [2.75, 3.05) is 13.1 Å². The van der Waals surface area contributed by atoms with Gasteiger partial charge in [0.25, 0.3) is 5.91 Å². The first kappa shape index (κ1) is 13.2. The summed E-state index contributed by atoms with van der Waals surface area (Å²) in [5.41, 5.74) is 2.12. The highest BCUT2D eigenvalue weighted by Gasteiger charge is 2.27. The Morgan fingerprint density at radius 1 is 1.45 bits per heavy atom. The Labute approximate surface area is 122 Å². The zero-order chi connectivity index (χ0) is 13.9. The summed E-state index contributed by atoms with van der Waals surface area (Å²) >= 11 is 1.53. The lowest BCUT2D eigenvalue weighted by Crippen LogP contribution is -2.39. The van der Waals surface area contributed by atoms with Gasteiger partial charge >= 0.3 is 0 Å². The highest BCUT2D eigenvalue weighted by atomic mass is 32.1. The Bertz CT molecular complexity index is 596. The van der Waals surface area contributed by atoms with E-state index in [1.165, 1.54) is 11.3 Å². The number of carbonyl (C=O) groups excluding carboxylic acids is 1. The molecule has 0 unspecified atom stereocenters. The zero-order valence-electron chi connectivity index (χ0n) is 11.5. The third-order valence-electron chi connectivity index (χ3n) is 3.79. The first-order valence-corrected chi connectivity index (χ1v) is 7.73. The number of aromatic nitrogens is 2. The van der Waals surface area contributed by atoms with Gasteiger partial charge in [-0.1, -0.05) is 0 Å². The molecule has 3 heterocycles. The monoisotopic (exact) mass is 287 g/mol. The van der Waals surface area contributed by atoms with Gasteiger partial charge in [-0.15, -0.1) is 11.3 Å². The third-order valence-corrected chi connectivity index (χ3v) is 4.79. The number of thiophene rings is 1. The van der Waals surface area contributed by atoms with Crippen LogP contribution < -0.4 is 0 Å². The number of piperidine rings is 1. The molecule has 0 bridgehead atoms. The Hall–Kier alpha value is -1.75. The highest BCUT2D eigenvalue weighted by molar-refractivity contribution is 7.12. The quantitative estimate of drug-likeness (QED) is 0.853. The lowest BCUT2D eigenvalue weighted by atomic mass is 9.94. The van der Waals surface area contributed by atoms with Crippen molar-refractivity contribution in [2.45, 2.75) is 25.7 Å². The van der Waals surface area contributed by atoms with Crippen LogP contribution in [0.4, 0.5) is 0 Å². The van der Waals surface area contributed by atoms with Gasteiger partial charge in [-0.05, 0) is 42.8 Å². The van der Waals surface area contributed by atoms with E-state index in [0.717, 1.165) is 42.1 Å². The molecule has 3 rings (SSSR count). The van der Waals surface area contributed by atoms with Crippen LogP contribution in [0.5, 0.6) is 0 Å². The summed E-state index contributed by atoms with van der Waals surface area (Å²) in [5, 5.41) is 1.98. The van der Waals surface area contributed by atoms with E-state index < -0.39 is 0 Å². The van der Waals surface area contributed by atoms with Crippen LogP contribution in [0, 0.1) is 6.92 Å². The molecule has 0 aromatic carbocycles. The van der Waals surface area contributed by atoms with Crippen LogP contribution in [-0.4, -0.2) is 33.9 Å². The van der Waals surface area contributed by atoms with E-state index in [-0.39, 0.29) is 5.91 Å². The summed E-state index contributed by atoms with van der Waals surface area (Å²) in [6.45, 7) is 3.60. The molecule has 0 spiro atoms. The number of aryl methyl sites for hydroxylation is 1. The van der Waals surface area contributed by atoms with Crippen LogP contribution in [0.25, 0.3) is 0 Å². The van der Waals surface area contributed by atoms with Crippen LogP contribution in [0.2, 0.25) is 0 Å². The SMILES string of the molecule is Cc1ccsc1C(=O)N1CCC[C@@H](c2ccncn2)C1. The van der Waals surface area contributed by atoms with Crippen molar-refractivity contribution in [1.29, 1.82) is 0 Å². The normalized spacial score (nSPS) is 19.1. The van der Waals surface area contributed by atoms with Gasteiger partial charge in [0.15, 0.2) is 0 Å². The fourth-order valence-electron chi connectivity index (χ4n) is 2.68. The summed E-state index contributed by atoms with van der Waals surface area (Å²) in [6, 6.07) is 3.96. The smallest absolute Gasteiger partial charge is 0.264 e. The first-order valence-electron chi connectivity index (χ1n) is 6.85. The molecule has 2 aromatic heterocycles. The average molecular weight is 287 g/mol. The summed E-state index contributed by atoms with van der Waals surface area (Å²) in [4.78, 5) is 23.7. The van der Waals surface area contributed by atoms with E-state index in [2.05, 4.69) is 9.97 Å². The molecule has 1 saturated heterocycles. The molecule has 20 heavy (non-hydrogen) atoms. The molecule has 4 nitrogen and oxygen atoms in total. The molecule has 1 aliphatic rings. The minimum absolute atomic E-state index is 0.163. The largest absolute Gasteiger partial charge is 0.337 e. The minimum atomic E-state index is 0.163. The summed E-state index contributed by atoms with van der Waals surface area (Å²) in [6.07, 6.45) is 5.47. The van der Waals surface area contributed by atoms with Crippen molar-refractivity contribution in [3.63, 3.8) is 0 Å². The van der Waals surface area contributed by atoms with Crippen LogP contribution in [0.3, 0.4) is 0 Å². The predicted molar refractivity (Wildman–Crippen MR) is 79.0 cm³/mol. The lowest BCUT2D eigenvalue weighted by molar-refractivity contribution is 0.0710. The Balaban J connectivity index is 1.76. The van der Waals surface area contributed by atoms with E-state index in [1.807, 2.05) is 29.3 Å². The Morgan fingerprint density at radius 2 is 2.35 bits per heavy atom. The van der Waals surface area contributed by atoms with Gasteiger partial charge in [0.1, 0.15) is 6.33 Å². The number of rotatable bonds is 2. The van der Waals surface area contributed by atoms with E-state index in [9.17, 15) is 4.79 Å². The topological polar surface area (TPSA) is 46.1 Å². The fourth-order valence-corrected chi connectivity index (χ4v) is 3.57. The van der Waals surface area contributed by atoms with E-state index in [4.69, 9.17) is 0 Å². The molecule has 1 amide bonds. The Morgan fingerprint density at radius 3 is 3.05 bits per heavy atom. The molecule has 0 saturated carbocycles. The maximum absolute atomic E-state index is 12.6. The molecule has 1 aliphatic heterocycles. The van der Waals surface area contributed by atoms with E-state index in [0.29, 0.717) is 5.92 Å². The van der Waals surface area contributed by atoms with Crippen molar-refractivity contribution in [3.05, 3.63) is 46.2 Å². The Kier molecular flexibility index (Phi) is 3.78. The maximum Gasteiger partial charge on any atom is 0.264 e. The van der Waals surface area contributed by atoms with Crippen molar-refractivity contribution in [3.8, 4) is 0 Å². The molecule has 0 N–H and O–H groups in total. The maximum atomic E-state index is 12.6. The van der Waals surface area contributed by atoms with Gasteiger partial charge in [-0.3, -0.25) is 4.79 Å². The van der Waals surface area contributed by atoms with Gasteiger partial charge in [-0.25, -0.2) is 9.97 Å². The lowest BCUT2D eigenvalue weighted by Gasteiger charge is -2.32. The summed E-state index contributed by atoms with van der Waals surface area (Å²) in [5.74, 6) is 0.493. The van der Waals surface area contributed by atoms with Crippen LogP contribution in [-0.2, 0) is 0 Å². The molecule has 0 aliphatic carbocycles. The highest BCUT2D eigenvalue weighted by Crippen LogP contribution is 2.27. The number of likely N-dealkylation sites (tertiary alicyclic amines) is 1. The second-order valence-electron chi connectivity index (χ2n) is 5.16. The molecular weight excluding hydrogens is 270 g/mol. The second kappa shape index (κ2) is 5.71. The summed E-state index contributed by atoms with van der Waals surface area (Å²) < 4.78 is 0. The van der Waals surface area contributed by atoms with Crippen molar-refractivity contribution < 1.29 is 4.79 Å². The first-order chi connectivity index (χ1) is 9.75. The van der Waals surface area contributed by atoms with Gasteiger partial charge in [0.2, 0.25) is 0 Å². The third kappa shape index (κ3) is 2.58. The van der Waals surface area contributed by atoms with Crippen molar-refractivity contribution in [2.24, 2.45) is 0 Å². The molecule has 104 valence electrons. The zero-order valence-corrected chi connectivity index (χ0v) is 12.3. The number of amides is 1. The molecular formula is C15H17N3OS. The predicted octanol–water partition coefficient (Wildman–Crippen LogP) is 2.87.